The summed E-state index contributed by atoms with van der Waals surface area (Å²) in [6.45, 7) is 5.85. The molecular formula is C17H20O4. The molecule has 0 saturated carbocycles. The third-order valence-electron chi connectivity index (χ3n) is 3.33. The van der Waals surface area contributed by atoms with Crippen molar-refractivity contribution >= 4 is 0 Å². The van der Waals surface area contributed by atoms with E-state index in [0.29, 0.717) is 17.1 Å². The van der Waals surface area contributed by atoms with E-state index in [4.69, 9.17) is 4.74 Å². The van der Waals surface area contributed by atoms with Crippen molar-refractivity contribution in [2.24, 2.45) is 0 Å². The third kappa shape index (κ3) is 3.21. The second kappa shape index (κ2) is 5.95. The summed E-state index contributed by atoms with van der Waals surface area (Å²) in [5.74, 6) is 0.983. The summed E-state index contributed by atoms with van der Waals surface area (Å²) in [5.41, 5.74) is 1.56. The first-order chi connectivity index (χ1) is 9.92. The molecule has 0 spiro atoms. The summed E-state index contributed by atoms with van der Waals surface area (Å²) >= 11 is 0. The van der Waals surface area contributed by atoms with Gasteiger partial charge in [-0.3, -0.25) is 0 Å². The average molecular weight is 288 g/mol. The lowest BCUT2D eigenvalue weighted by molar-refractivity contribution is 0.415. The zero-order chi connectivity index (χ0) is 15.6. The minimum absolute atomic E-state index is 0.00167. The molecule has 21 heavy (non-hydrogen) atoms. The van der Waals surface area contributed by atoms with Gasteiger partial charge < -0.3 is 20.1 Å². The maximum absolute atomic E-state index is 10.0. The van der Waals surface area contributed by atoms with Crippen LogP contribution in [0.25, 0.3) is 0 Å². The molecule has 0 aliphatic rings. The highest BCUT2D eigenvalue weighted by Gasteiger charge is 2.17. The van der Waals surface area contributed by atoms with E-state index in [1.807, 2.05) is 20.8 Å². The molecule has 0 fully saturated rings. The highest BCUT2D eigenvalue weighted by atomic mass is 16.5. The number of aromatic hydroxyl groups is 3. The molecule has 2 aromatic carbocycles. The lowest BCUT2D eigenvalue weighted by atomic mass is 10.0. The highest BCUT2D eigenvalue weighted by Crippen LogP contribution is 2.41. The van der Waals surface area contributed by atoms with Crippen LogP contribution in [-0.2, 0) is 6.42 Å². The minimum atomic E-state index is -0.0647. The Hall–Kier alpha value is -2.36. The molecule has 2 aromatic rings. The Bertz CT molecular complexity index is 647. The van der Waals surface area contributed by atoms with Gasteiger partial charge in [-0.15, -0.1) is 0 Å². The van der Waals surface area contributed by atoms with Gasteiger partial charge in [-0.25, -0.2) is 0 Å². The Labute approximate surface area is 124 Å². The molecular weight excluding hydrogens is 268 g/mol. The Morgan fingerprint density at radius 2 is 1.62 bits per heavy atom. The van der Waals surface area contributed by atoms with Crippen LogP contribution in [0, 0.1) is 0 Å². The van der Waals surface area contributed by atoms with Crippen molar-refractivity contribution in [3.05, 3.63) is 41.5 Å². The van der Waals surface area contributed by atoms with Crippen LogP contribution in [0.2, 0.25) is 0 Å². The second-order valence-electron chi connectivity index (χ2n) is 5.28. The van der Waals surface area contributed by atoms with E-state index in [9.17, 15) is 15.3 Å². The van der Waals surface area contributed by atoms with Gasteiger partial charge in [0.2, 0.25) is 0 Å². The SMILES string of the molecule is CCc1ccc(O)cc1Oc1cc(O)cc(O)c1C(C)C. The topological polar surface area (TPSA) is 69.9 Å². The van der Waals surface area contributed by atoms with Gasteiger partial charge in [-0.1, -0.05) is 26.8 Å². The molecule has 0 bridgehead atoms. The van der Waals surface area contributed by atoms with Crippen LogP contribution in [0.15, 0.2) is 30.3 Å². The van der Waals surface area contributed by atoms with Gasteiger partial charge in [-0.05, 0) is 24.0 Å². The summed E-state index contributed by atoms with van der Waals surface area (Å²) in [6.07, 6.45) is 0.747. The molecule has 0 radical (unpaired) electrons. The number of benzene rings is 2. The lowest BCUT2D eigenvalue weighted by Crippen LogP contribution is -1.97. The summed E-state index contributed by atoms with van der Waals surface area (Å²) in [7, 11) is 0. The first-order valence-electron chi connectivity index (χ1n) is 6.98. The third-order valence-corrected chi connectivity index (χ3v) is 3.33. The fourth-order valence-electron chi connectivity index (χ4n) is 2.31. The fourth-order valence-corrected chi connectivity index (χ4v) is 2.31. The molecule has 0 atom stereocenters. The van der Waals surface area contributed by atoms with Gasteiger partial charge in [0.05, 0.1) is 0 Å². The normalized spacial score (nSPS) is 10.9. The summed E-state index contributed by atoms with van der Waals surface area (Å²) in [4.78, 5) is 0. The number of hydrogen-bond acceptors (Lipinski definition) is 4. The van der Waals surface area contributed by atoms with Crippen LogP contribution < -0.4 is 4.74 Å². The van der Waals surface area contributed by atoms with Crippen molar-refractivity contribution in [1.82, 2.24) is 0 Å². The van der Waals surface area contributed by atoms with Crippen molar-refractivity contribution in [3.63, 3.8) is 0 Å². The van der Waals surface area contributed by atoms with E-state index in [2.05, 4.69) is 0 Å². The summed E-state index contributed by atoms with van der Waals surface area (Å²) < 4.78 is 5.86. The summed E-state index contributed by atoms with van der Waals surface area (Å²) in [6, 6.07) is 7.70. The zero-order valence-corrected chi connectivity index (χ0v) is 12.4. The monoisotopic (exact) mass is 288 g/mol. The Balaban J connectivity index is 2.51. The van der Waals surface area contributed by atoms with E-state index in [1.54, 1.807) is 12.1 Å². The van der Waals surface area contributed by atoms with Crippen LogP contribution in [0.3, 0.4) is 0 Å². The van der Waals surface area contributed by atoms with Gasteiger partial charge >= 0.3 is 0 Å². The van der Waals surface area contributed by atoms with E-state index < -0.39 is 0 Å². The molecule has 0 aromatic heterocycles. The van der Waals surface area contributed by atoms with Gasteiger partial charge in [0, 0.05) is 23.8 Å². The summed E-state index contributed by atoms with van der Waals surface area (Å²) in [5, 5.41) is 29.3. The molecule has 0 aliphatic carbocycles. The molecule has 4 heteroatoms. The molecule has 112 valence electrons. The number of aryl methyl sites for hydroxylation is 1. The van der Waals surface area contributed by atoms with Crippen molar-refractivity contribution < 1.29 is 20.1 Å². The Morgan fingerprint density at radius 3 is 2.24 bits per heavy atom. The highest BCUT2D eigenvalue weighted by molar-refractivity contribution is 5.53. The molecule has 4 nitrogen and oxygen atoms in total. The zero-order valence-electron chi connectivity index (χ0n) is 12.4. The van der Waals surface area contributed by atoms with E-state index in [1.165, 1.54) is 18.2 Å². The lowest BCUT2D eigenvalue weighted by Gasteiger charge is -2.17. The van der Waals surface area contributed by atoms with Crippen molar-refractivity contribution in [3.8, 4) is 28.7 Å². The smallest absolute Gasteiger partial charge is 0.138 e. The van der Waals surface area contributed by atoms with Crippen molar-refractivity contribution in [2.45, 2.75) is 33.1 Å². The number of ether oxygens (including phenoxy) is 1. The first kappa shape index (κ1) is 15.0. The van der Waals surface area contributed by atoms with Crippen LogP contribution in [0.1, 0.15) is 37.8 Å². The standard InChI is InChI=1S/C17H20O4/c1-4-11-5-6-12(18)8-15(11)21-16-9-13(19)7-14(20)17(16)10(2)3/h5-10,18-20H,4H2,1-3H3. The second-order valence-corrected chi connectivity index (χ2v) is 5.28. The first-order valence-corrected chi connectivity index (χ1v) is 6.98. The van der Waals surface area contributed by atoms with Crippen LogP contribution >= 0.6 is 0 Å². The number of phenolic OH excluding ortho intramolecular Hbond substituents is 3. The Kier molecular flexibility index (Phi) is 4.26. The molecule has 0 aliphatic heterocycles. The molecule has 0 amide bonds. The molecule has 0 unspecified atom stereocenters. The van der Waals surface area contributed by atoms with E-state index in [0.717, 1.165) is 12.0 Å². The molecule has 2 rings (SSSR count). The minimum Gasteiger partial charge on any atom is -0.508 e. The largest absolute Gasteiger partial charge is 0.508 e. The van der Waals surface area contributed by atoms with Crippen LogP contribution in [-0.4, -0.2) is 15.3 Å². The predicted molar refractivity (Wildman–Crippen MR) is 81.4 cm³/mol. The number of hydrogen-bond donors (Lipinski definition) is 3. The fraction of sp³-hybridized carbons (Fsp3) is 0.294. The molecule has 3 N–H and O–H groups in total. The molecule has 0 heterocycles. The average Bonchev–Trinajstić information content (AvgIpc) is 2.37. The number of rotatable bonds is 4. The Morgan fingerprint density at radius 1 is 0.952 bits per heavy atom. The quantitative estimate of drug-likeness (QED) is 0.785. The van der Waals surface area contributed by atoms with Crippen LogP contribution in [0.5, 0.6) is 28.7 Å². The van der Waals surface area contributed by atoms with E-state index in [-0.39, 0.29) is 23.2 Å². The van der Waals surface area contributed by atoms with Gasteiger partial charge in [0.15, 0.2) is 0 Å². The van der Waals surface area contributed by atoms with Gasteiger partial charge in [0.25, 0.3) is 0 Å². The maximum atomic E-state index is 10.0. The van der Waals surface area contributed by atoms with Crippen molar-refractivity contribution in [2.75, 3.05) is 0 Å². The van der Waals surface area contributed by atoms with Crippen LogP contribution in [0.4, 0.5) is 0 Å². The number of phenols is 3. The van der Waals surface area contributed by atoms with E-state index >= 15 is 0 Å². The molecule has 0 saturated heterocycles. The van der Waals surface area contributed by atoms with Crippen molar-refractivity contribution in [1.29, 1.82) is 0 Å². The van der Waals surface area contributed by atoms with Gasteiger partial charge in [-0.2, -0.15) is 0 Å². The maximum Gasteiger partial charge on any atom is 0.138 e. The van der Waals surface area contributed by atoms with Gasteiger partial charge in [0.1, 0.15) is 28.7 Å². The predicted octanol–water partition coefficient (Wildman–Crippen LogP) is 4.28.